The van der Waals surface area contributed by atoms with Gasteiger partial charge in [-0.05, 0) is 24.3 Å². The minimum Gasteiger partial charge on any atom is -0.452 e. The zero-order valence-corrected chi connectivity index (χ0v) is 13.6. The molecule has 0 fully saturated rings. The van der Waals surface area contributed by atoms with Gasteiger partial charge in [0, 0.05) is 11.6 Å². The molecule has 0 bridgehead atoms. The fraction of sp³-hybridized carbons (Fsp3) is 0.105. The van der Waals surface area contributed by atoms with E-state index in [-0.39, 0.29) is 18.0 Å². The number of rotatable bonds is 4. The van der Waals surface area contributed by atoms with Gasteiger partial charge in [0.05, 0.1) is 11.4 Å². The van der Waals surface area contributed by atoms with Crippen molar-refractivity contribution in [2.45, 2.75) is 0 Å². The zero-order chi connectivity index (χ0) is 18.5. The SMILES string of the molecule is O=C1CN(C(=O)COC(=O)/C=C/c2ccccc2F)c2ccccc2N1. The van der Waals surface area contributed by atoms with E-state index in [4.69, 9.17) is 4.74 Å². The molecule has 0 saturated heterocycles. The summed E-state index contributed by atoms with van der Waals surface area (Å²) in [5, 5.41) is 2.67. The molecular formula is C19H15FN2O4. The van der Waals surface area contributed by atoms with Gasteiger partial charge in [0.25, 0.3) is 5.91 Å². The summed E-state index contributed by atoms with van der Waals surface area (Å²) < 4.78 is 18.4. The van der Waals surface area contributed by atoms with Gasteiger partial charge in [-0.15, -0.1) is 0 Å². The smallest absolute Gasteiger partial charge is 0.331 e. The van der Waals surface area contributed by atoms with Gasteiger partial charge in [-0.1, -0.05) is 30.3 Å². The van der Waals surface area contributed by atoms with E-state index in [2.05, 4.69) is 5.32 Å². The van der Waals surface area contributed by atoms with Gasteiger partial charge < -0.3 is 10.1 Å². The predicted octanol–water partition coefficient (Wildman–Crippen LogP) is 2.37. The number of para-hydroxylation sites is 2. The van der Waals surface area contributed by atoms with Crippen molar-refractivity contribution >= 4 is 35.2 Å². The minimum absolute atomic E-state index is 0.154. The van der Waals surface area contributed by atoms with Crippen LogP contribution in [0.2, 0.25) is 0 Å². The summed E-state index contributed by atoms with van der Waals surface area (Å²) in [4.78, 5) is 37.0. The second-order valence-corrected chi connectivity index (χ2v) is 5.51. The summed E-state index contributed by atoms with van der Waals surface area (Å²) in [6.07, 6.45) is 2.31. The summed E-state index contributed by atoms with van der Waals surface area (Å²) >= 11 is 0. The highest BCUT2D eigenvalue weighted by atomic mass is 19.1. The van der Waals surface area contributed by atoms with Crippen molar-refractivity contribution in [3.8, 4) is 0 Å². The molecule has 0 spiro atoms. The number of benzene rings is 2. The Morgan fingerprint density at radius 3 is 2.69 bits per heavy atom. The quantitative estimate of drug-likeness (QED) is 0.676. The lowest BCUT2D eigenvalue weighted by Crippen LogP contribution is -2.43. The summed E-state index contributed by atoms with van der Waals surface area (Å²) in [5.74, 6) is -2.11. The van der Waals surface area contributed by atoms with Gasteiger partial charge in [0.1, 0.15) is 12.4 Å². The van der Waals surface area contributed by atoms with E-state index in [1.54, 1.807) is 30.3 Å². The topological polar surface area (TPSA) is 75.7 Å². The Morgan fingerprint density at radius 1 is 1.15 bits per heavy atom. The van der Waals surface area contributed by atoms with Crippen LogP contribution in [0.15, 0.2) is 54.6 Å². The fourth-order valence-corrected chi connectivity index (χ4v) is 2.48. The Bertz CT molecular complexity index is 895. The fourth-order valence-electron chi connectivity index (χ4n) is 2.48. The lowest BCUT2D eigenvalue weighted by Gasteiger charge is -2.28. The highest BCUT2D eigenvalue weighted by molar-refractivity contribution is 6.10. The minimum atomic E-state index is -0.781. The maximum Gasteiger partial charge on any atom is 0.331 e. The number of halogens is 1. The lowest BCUT2D eigenvalue weighted by atomic mass is 10.2. The Hall–Kier alpha value is -3.48. The third kappa shape index (κ3) is 3.94. The van der Waals surface area contributed by atoms with Crippen molar-refractivity contribution < 1.29 is 23.5 Å². The molecule has 6 nitrogen and oxygen atoms in total. The first-order valence-corrected chi connectivity index (χ1v) is 7.83. The third-order valence-electron chi connectivity index (χ3n) is 3.71. The monoisotopic (exact) mass is 354 g/mol. The molecule has 0 radical (unpaired) electrons. The van der Waals surface area contributed by atoms with Crippen LogP contribution in [-0.2, 0) is 19.1 Å². The molecule has 0 atom stereocenters. The Balaban J connectivity index is 1.61. The number of anilines is 2. The third-order valence-corrected chi connectivity index (χ3v) is 3.71. The van der Waals surface area contributed by atoms with Crippen molar-refractivity contribution in [1.29, 1.82) is 0 Å². The second-order valence-electron chi connectivity index (χ2n) is 5.51. The van der Waals surface area contributed by atoms with Crippen LogP contribution in [0.1, 0.15) is 5.56 Å². The first-order valence-electron chi connectivity index (χ1n) is 7.83. The number of carbonyl (C=O) groups is 3. The van der Waals surface area contributed by atoms with E-state index in [9.17, 15) is 18.8 Å². The molecule has 7 heteroatoms. The van der Waals surface area contributed by atoms with E-state index in [1.165, 1.54) is 29.2 Å². The molecule has 1 aliphatic heterocycles. The van der Waals surface area contributed by atoms with Crippen LogP contribution >= 0.6 is 0 Å². The molecule has 26 heavy (non-hydrogen) atoms. The molecule has 132 valence electrons. The van der Waals surface area contributed by atoms with Gasteiger partial charge in [-0.2, -0.15) is 0 Å². The normalized spacial score (nSPS) is 13.3. The first-order chi connectivity index (χ1) is 12.5. The molecule has 1 heterocycles. The average Bonchev–Trinajstić information content (AvgIpc) is 2.64. The predicted molar refractivity (Wildman–Crippen MR) is 93.8 cm³/mol. The maximum absolute atomic E-state index is 13.5. The van der Waals surface area contributed by atoms with Gasteiger partial charge in [-0.3, -0.25) is 14.5 Å². The first kappa shape index (κ1) is 17.3. The number of amides is 2. The number of fused-ring (bicyclic) bond motifs is 1. The van der Waals surface area contributed by atoms with Crippen LogP contribution < -0.4 is 10.2 Å². The number of esters is 1. The number of ether oxygens (including phenoxy) is 1. The largest absolute Gasteiger partial charge is 0.452 e. The van der Waals surface area contributed by atoms with Crippen molar-refractivity contribution in [3.05, 3.63) is 66.0 Å². The van der Waals surface area contributed by atoms with Crippen molar-refractivity contribution in [2.75, 3.05) is 23.4 Å². The van der Waals surface area contributed by atoms with E-state index in [0.29, 0.717) is 11.4 Å². The van der Waals surface area contributed by atoms with Crippen LogP contribution in [0.4, 0.5) is 15.8 Å². The summed E-state index contributed by atoms with van der Waals surface area (Å²) in [5.41, 5.74) is 1.29. The van der Waals surface area contributed by atoms with E-state index in [0.717, 1.165) is 6.08 Å². The Labute approximate surface area is 148 Å². The second kappa shape index (κ2) is 7.60. The Morgan fingerprint density at radius 2 is 1.88 bits per heavy atom. The molecule has 1 N–H and O–H groups in total. The van der Waals surface area contributed by atoms with Crippen LogP contribution in [-0.4, -0.2) is 30.9 Å². The molecule has 2 aromatic carbocycles. The number of nitrogens with one attached hydrogen (secondary N) is 1. The number of nitrogens with zero attached hydrogens (tertiary/aromatic N) is 1. The standard InChI is InChI=1S/C19H15FN2O4/c20-14-6-2-1-5-13(14)9-10-19(25)26-12-18(24)22-11-17(23)21-15-7-3-4-8-16(15)22/h1-10H,11-12H2,(H,21,23)/b10-9+. The molecule has 0 aromatic heterocycles. The van der Waals surface area contributed by atoms with E-state index in [1.807, 2.05) is 0 Å². The van der Waals surface area contributed by atoms with Crippen LogP contribution in [0.5, 0.6) is 0 Å². The van der Waals surface area contributed by atoms with Gasteiger partial charge in [0.15, 0.2) is 6.61 Å². The highest BCUT2D eigenvalue weighted by Crippen LogP contribution is 2.28. The molecule has 0 saturated carbocycles. The molecule has 0 aliphatic carbocycles. The van der Waals surface area contributed by atoms with Crippen molar-refractivity contribution in [2.24, 2.45) is 0 Å². The van der Waals surface area contributed by atoms with Gasteiger partial charge in [0.2, 0.25) is 5.91 Å². The van der Waals surface area contributed by atoms with Crippen LogP contribution in [0, 0.1) is 5.82 Å². The lowest BCUT2D eigenvalue weighted by molar-refractivity contribution is -0.143. The highest BCUT2D eigenvalue weighted by Gasteiger charge is 2.26. The molecule has 3 rings (SSSR count). The average molecular weight is 354 g/mol. The Kier molecular flexibility index (Phi) is 5.07. The van der Waals surface area contributed by atoms with Crippen molar-refractivity contribution in [1.82, 2.24) is 0 Å². The zero-order valence-electron chi connectivity index (χ0n) is 13.6. The number of hydrogen-bond acceptors (Lipinski definition) is 4. The number of hydrogen-bond donors (Lipinski definition) is 1. The summed E-state index contributed by atoms with van der Waals surface area (Å²) in [6.45, 7) is -0.680. The summed E-state index contributed by atoms with van der Waals surface area (Å²) in [7, 11) is 0. The molecule has 2 aromatic rings. The van der Waals surface area contributed by atoms with Gasteiger partial charge in [-0.25, -0.2) is 9.18 Å². The van der Waals surface area contributed by atoms with Crippen LogP contribution in [0.25, 0.3) is 6.08 Å². The summed E-state index contributed by atoms with van der Waals surface area (Å²) in [6, 6.07) is 12.8. The number of carbonyl (C=O) groups excluding carboxylic acids is 3. The van der Waals surface area contributed by atoms with Gasteiger partial charge >= 0.3 is 5.97 Å². The van der Waals surface area contributed by atoms with E-state index < -0.39 is 24.3 Å². The van der Waals surface area contributed by atoms with E-state index >= 15 is 0 Å². The molecule has 2 amide bonds. The molecule has 1 aliphatic rings. The van der Waals surface area contributed by atoms with Crippen molar-refractivity contribution in [3.63, 3.8) is 0 Å². The molecule has 0 unspecified atom stereocenters. The van der Waals surface area contributed by atoms with Crippen LogP contribution in [0.3, 0.4) is 0 Å². The maximum atomic E-state index is 13.5. The molecular weight excluding hydrogens is 339 g/mol.